The number of nitrogens with zero attached hydrogens (tertiary/aromatic N) is 7. The van der Waals surface area contributed by atoms with E-state index in [4.69, 9.17) is 0 Å². The highest BCUT2D eigenvalue weighted by atomic mass is 32.1. The van der Waals surface area contributed by atoms with E-state index in [9.17, 15) is 9.18 Å². The van der Waals surface area contributed by atoms with Crippen molar-refractivity contribution in [2.45, 2.75) is 38.8 Å². The van der Waals surface area contributed by atoms with Crippen molar-refractivity contribution in [3.63, 3.8) is 0 Å². The number of thiazole rings is 2. The molecular formula is C24H23FN8OS2. The number of piperazine rings is 1. The first-order chi connectivity index (χ1) is 17.4. The van der Waals surface area contributed by atoms with E-state index >= 15 is 0 Å². The van der Waals surface area contributed by atoms with Gasteiger partial charge in [0.25, 0.3) is 5.91 Å². The number of anilines is 3. The quantitative estimate of drug-likeness (QED) is 0.411. The Morgan fingerprint density at radius 1 is 1.06 bits per heavy atom. The summed E-state index contributed by atoms with van der Waals surface area (Å²) in [6.07, 6.45) is 5.82. The van der Waals surface area contributed by atoms with E-state index in [0.717, 1.165) is 39.2 Å². The number of hydrogen-bond donors (Lipinski definition) is 1. The van der Waals surface area contributed by atoms with Gasteiger partial charge in [0.1, 0.15) is 5.82 Å². The number of pyridine rings is 1. The molecule has 1 amide bonds. The molecule has 2 aliphatic rings. The lowest BCUT2D eigenvalue weighted by atomic mass is 10.1. The highest BCUT2D eigenvalue weighted by Crippen LogP contribution is 2.34. The third-order valence-corrected chi connectivity index (χ3v) is 8.35. The van der Waals surface area contributed by atoms with E-state index in [2.05, 4.69) is 30.2 Å². The second-order valence-electron chi connectivity index (χ2n) is 8.95. The number of carbonyl (C=O) groups is 1. The number of fused-ring (bicyclic) bond motifs is 2. The van der Waals surface area contributed by atoms with Gasteiger partial charge in [-0.1, -0.05) is 0 Å². The van der Waals surface area contributed by atoms with Gasteiger partial charge in [-0.15, -0.1) is 22.7 Å². The Bertz CT molecular complexity index is 1390. The normalized spacial score (nSPS) is 19.1. The number of carbonyl (C=O) groups excluding carboxylic acids is 1. The smallest absolute Gasteiger partial charge is 0.256 e. The largest absolute Gasteiger partial charge is 0.337 e. The highest BCUT2D eigenvalue weighted by molar-refractivity contribution is 7.16. The first kappa shape index (κ1) is 22.9. The predicted molar refractivity (Wildman–Crippen MR) is 137 cm³/mol. The third-order valence-electron chi connectivity index (χ3n) is 6.49. The molecule has 4 aromatic heterocycles. The van der Waals surface area contributed by atoms with Crippen molar-refractivity contribution in [2.75, 3.05) is 23.3 Å². The number of aryl methyl sites for hydroxylation is 2. The Kier molecular flexibility index (Phi) is 5.84. The van der Waals surface area contributed by atoms with Gasteiger partial charge >= 0.3 is 0 Å². The monoisotopic (exact) mass is 522 g/mol. The molecule has 0 aliphatic carbocycles. The number of aromatic nitrogens is 5. The molecule has 0 spiro atoms. The van der Waals surface area contributed by atoms with Crippen molar-refractivity contribution in [3.05, 3.63) is 58.2 Å². The molecule has 2 aliphatic heterocycles. The highest BCUT2D eigenvalue weighted by Gasteiger charge is 2.43. The lowest BCUT2D eigenvalue weighted by molar-refractivity contribution is 0.0640. The molecule has 2 fully saturated rings. The van der Waals surface area contributed by atoms with Crippen LogP contribution in [-0.4, -0.2) is 60.9 Å². The molecular weight excluding hydrogens is 499 g/mol. The van der Waals surface area contributed by atoms with E-state index in [0.29, 0.717) is 30.4 Å². The molecule has 2 bridgehead atoms. The Morgan fingerprint density at radius 3 is 2.44 bits per heavy atom. The van der Waals surface area contributed by atoms with Gasteiger partial charge in [-0.2, -0.15) is 0 Å². The van der Waals surface area contributed by atoms with Crippen LogP contribution in [0, 0.1) is 19.7 Å². The molecule has 6 rings (SSSR count). The van der Waals surface area contributed by atoms with Crippen molar-refractivity contribution >= 4 is 45.5 Å². The summed E-state index contributed by atoms with van der Waals surface area (Å²) in [7, 11) is 0. The molecule has 2 unspecified atom stereocenters. The number of hydrogen-bond acceptors (Lipinski definition) is 10. The van der Waals surface area contributed by atoms with Gasteiger partial charge < -0.3 is 15.1 Å². The maximum absolute atomic E-state index is 13.4. The molecule has 4 aromatic rings. The zero-order valence-electron chi connectivity index (χ0n) is 19.7. The minimum atomic E-state index is -0.457. The van der Waals surface area contributed by atoms with Crippen LogP contribution in [0.3, 0.4) is 0 Å². The summed E-state index contributed by atoms with van der Waals surface area (Å²) in [4.78, 5) is 40.3. The molecule has 6 heterocycles. The van der Waals surface area contributed by atoms with Gasteiger partial charge in [-0.25, -0.2) is 29.3 Å². The van der Waals surface area contributed by atoms with Gasteiger partial charge in [0, 0.05) is 24.7 Å². The average molecular weight is 523 g/mol. The summed E-state index contributed by atoms with van der Waals surface area (Å²) < 4.78 is 13.2. The lowest BCUT2D eigenvalue weighted by Crippen LogP contribution is -2.56. The van der Waals surface area contributed by atoms with E-state index in [1.807, 2.05) is 29.0 Å². The average Bonchev–Trinajstić information content (AvgIpc) is 3.54. The second-order valence-corrected chi connectivity index (χ2v) is 11.0. The van der Waals surface area contributed by atoms with Crippen LogP contribution in [0.15, 0.2) is 36.1 Å². The topological polar surface area (TPSA) is 100 Å². The predicted octanol–water partition coefficient (Wildman–Crippen LogP) is 4.44. The van der Waals surface area contributed by atoms with Gasteiger partial charge in [0.15, 0.2) is 10.9 Å². The van der Waals surface area contributed by atoms with Crippen LogP contribution in [0.2, 0.25) is 0 Å². The molecule has 2 atom stereocenters. The Morgan fingerprint density at radius 2 is 1.81 bits per heavy atom. The molecule has 0 radical (unpaired) electrons. The fourth-order valence-corrected chi connectivity index (χ4v) is 6.59. The van der Waals surface area contributed by atoms with Gasteiger partial charge in [-0.3, -0.25) is 4.79 Å². The number of amides is 1. The van der Waals surface area contributed by atoms with Crippen molar-refractivity contribution in [3.8, 4) is 10.6 Å². The number of halogens is 1. The molecule has 9 nitrogen and oxygen atoms in total. The van der Waals surface area contributed by atoms with Crippen LogP contribution >= 0.6 is 22.7 Å². The Balaban J connectivity index is 1.12. The molecule has 12 heteroatoms. The third kappa shape index (κ3) is 4.30. The fraction of sp³-hybridized carbons (Fsp3) is 0.333. The van der Waals surface area contributed by atoms with Crippen LogP contribution < -0.4 is 10.2 Å². The van der Waals surface area contributed by atoms with E-state index in [1.54, 1.807) is 29.7 Å². The van der Waals surface area contributed by atoms with E-state index in [1.165, 1.54) is 23.7 Å². The summed E-state index contributed by atoms with van der Waals surface area (Å²) in [6.45, 7) is 5.24. The van der Waals surface area contributed by atoms with Crippen LogP contribution in [0.1, 0.15) is 33.9 Å². The van der Waals surface area contributed by atoms with Crippen LogP contribution in [0.25, 0.3) is 10.6 Å². The van der Waals surface area contributed by atoms with Gasteiger partial charge in [0.05, 0.1) is 51.3 Å². The van der Waals surface area contributed by atoms with E-state index in [-0.39, 0.29) is 18.0 Å². The molecule has 1 N–H and O–H groups in total. The summed E-state index contributed by atoms with van der Waals surface area (Å²) in [5.74, 6) is 0.657. The van der Waals surface area contributed by atoms with Crippen LogP contribution in [0.5, 0.6) is 0 Å². The minimum Gasteiger partial charge on any atom is -0.337 e. The van der Waals surface area contributed by atoms with Crippen molar-refractivity contribution in [1.29, 1.82) is 0 Å². The molecule has 36 heavy (non-hydrogen) atoms. The van der Waals surface area contributed by atoms with Crippen molar-refractivity contribution in [2.24, 2.45) is 0 Å². The first-order valence-electron chi connectivity index (χ1n) is 11.6. The van der Waals surface area contributed by atoms with E-state index < -0.39 is 5.82 Å². The maximum atomic E-state index is 13.4. The summed E-state index contributed by atoms with van der Waals surface area (Å²) >= 11 is 3.14. The molecule has 0 saturated carbocycles. The SMILES string of the molecule is Cc1nc(C)c(-c2csc(Nc3ccc(C(=O)N4C5CCC4CN(c4ncc(F)cn4)C5)cn3)n2)s1. The van der Waals surface area contributed by atoms with Gasteiger partial charge in [0.2, 0.25) is 5.95 Å². The number of nitrogens with one attached hydrogen (secondary N) is 1. The van der Waals surface area contributed by atoms with Crippen LogP contribution in [-0.2, 0) is 0 Å². The zero-order valence-corrected chi connectivity index (χ0v) is 21.3. The Labute approximate surface area is 215 Å². The Hall–Kier alpha value is -3.51. The lowest BCUT2D eigenvalue weighted by Gasteiger charge is -2.41. The second kappa shape index (κ2) is 9.17. The van der Waals surface area contributed by atoms with Crippen LogP contribution in [0.4, 0.5) is 21.3 Å². The standard InChI is InChI=1S/C24H23FN8OS2/c1-13-21(36-14(2)29-13)19-12-35-24(30-19)31-20-6-3-15(7-26-20)22(34)33-17-4-5-18(33)11-32(10-17)23-27-8-16(25)9-28-23/h3,6-9,12,17-18H,4-5,10-11H2,1-2H3,(H,26,30,31). The molecule has 184 valence electrons. The summed E-state index contributed by atoms with van der Waals surface area (Å²) in [5.41, 5.74) is 2.44. The zero-order chi connectivity index (χ0) is 24.8. The van der Waals surface area contributed by atoms with Crippen molar-refractivity contribution in [1.82, 2.24) is 29.8 Å². The fourth-order valence-electron chi connectivity index (χ4n) is 4.92. The molecule has 0 aromatic carbocycles. The van der Waals surface area contributed by atoms with Gasteiger partial charge in [-0.05, 0) is 38.8 Å². The van der Waals surface area contributed by atoms with Crippen molar-refractivity contribution < 1.29 is 9.18 Å². The summed E-state index contributed by atoms with van der Waals surface area (Å²) in [6, 6.07) is 3.74. The molecule has 2 saturated heterocycles. The summed E-state index contributed by atoms with van der Waals surface area (Å²) in [5, 5.41) is 6.99. The maximum Gasteiger partial charge on any atom is 0.256 e. The number of rotatable bonds is 5. The minimum absolute atomic E-state index is 0.0196. The first-order valence-corrected chi connectivity index (χ1v) is 13.3.